The van der Waals surface area contributed by atoms with Gasteiger partial charge in [0, 0.05) is 1.43 Å². The van der Waals surface area contributed by atoms with E-state index in [2.05, 4.69) is 15.4 Å². The summed E-state index contributed by atoms with van der Waals surface area (Å²) in [6.07, 6.45) is 1.67. The second-order valence-electron chi connectivity index (χ2n) is 1.11. The van der Waals surface area contributed by atoms with Gasteiger partial charge in [-0.2, -0.15) is 15.4 Å². The molecule has 1 aromatic rings. The van der Waals surface area contributed by atoms with Gasteiger partial charge in [-0.15, -0.1) is 0 Å². The molecule has 3 nitrogen and oxygen atoms in total. The second-order valence-corrected chi connectivity index (χ2v) is 1.11. The van der Waals surface area contributed by atoms with E-state index in [-0.39, 0.29) is 1.43 Å². The molecule has 0 amide bonds. The quantitative estimate of drug-likeness (QED) is 0.555. The molecule has 0 aliphatic heterocycles. The first-order valence-corrected chi connectivity index (χ1v) is 2.72. The highest BCUT2D eigenvalue weighted by Gasteiger charge is 1.76. The lowest BCUT2D eigenvalue weighted by molar-refractivity contribution is 0.928. The molecular formula is C5H13N3. The van der Waals surface area contributed by atoms with E-state index in [1.807, 2.05) is 20.8 Å². The van der Waals surface area contributed by atoms with Gasteiger partial charge in [-0.1, -0.05) is 13.8 Å². The topological polar surface area (TPSA) is 41.6 Å². The Bertz CT molecular complexity index is 116. The van der Waals surface area contributed by atoms with E-state index in [0.717, 1.165) is 5.69 Å². The van der Waals surface area contributed by atoms with Crippen LogP contribution in [0.15, 0.2) is 6.20 Å². The van der Waals surface area contributed by atoms with E-state index < -0.39 is 0 Å². The highest BCUT2D eigenvalue weighted by atomic mass is 15.3. The maximum absolute atomic E-state index is 3.68. The fraction of sp³-hybridized carbons (Fsp3) is 0.600. The van der Waals surface area contributed by atoms with E-state index in [1.54, 1.807) is 6.20 Å². The number of nitrogens with one attached hydrogen (secondary N) is 1. The number of rotatable bonds is 0. The zero-order valence-corrected chi connectivity index (χ0v) is 5.47. The van der Waals surface area contributed by atoms with Crippen LogP contribution >= 0.6 is 0 Å². The van der Waals surface area contributed by atoms with E-state index in [1.165, 1.54) is 0 Å². The SMILES string of the molecule is CC.Cc1cn[nH]n1.[HH]. The van der Waals surface area contributed by atoms with Gasteiger partial charge in [-0.25, -0.2) is 0 Å². The van der Waals surface area contributed by atoms with Crippen LogP contribution in [0.4, 0.5) is 0 Å². The molecule has 0 aliphatic rings. The summed E-state index contributed by atoms with van der Waals surface area (Å²) in [4.78, 5) is 0. The molecule has 3 heteroatoms. The third-order valence-electron chi connectivity index (χ3n) is 0.535. The summed E-state index contributed by atoms with van der Waals surface area (Å²) in [6, 6.07) is 0. The lowest BCUT2D eigenvalue weighted by Gasteiger charge is -1.62. The van der Waals surface area contributed by atoms with Gasteiger partial charge in [0.2, 0.25) is 0 Å². The Balaban J connectivity index is 0. The van der Waals surface area contributed by atoms with Gasteiger partial charge in [-0.3, -0.25) is 0 Å². The minimum Gasteiger partial charge on any atom is -0.198 e. The number of aromatic nitrogens is 3. The number of nitrogens with zero attached hydrogens (tertiary/aromatic N) is 2. The molecule has 8 heavy (non-hydrogen) atoms. The highest BCUT2D eigenvalue weighted by Crippen LogP contribution is 1.77. The molecule has 0 saturated heterocycles. The van der Waals surface area contributed by atoms with E-state index in [0.29, 0.717) is 0 Å². The van der Waals surface area contributed by atoms with Crippen molar-refractivity contribution in [2.45, 2.75) is 20.8 Å². The first-order valence-electron chi connectivity index (χ1n) is 2.72. The maximum atomic E-state index is 3.68. The molecule has 1 heterocycles. The van der Waals surface area contributed by atoms with Crippen molar-refractivity contribution >= 4 is 0 Å². The average molecular weight is 115 g/mol. The molecule has 1 aromatic heterocycles. The third-order valence-corrected chi connectivity index (χ3v) is 0.535. The Morgan fingerprint density at radius 2 is 2.25 bits per heavy atom. The molecule has 1 N–H and O–H groups in total. The zero-order valence-electron chi connectivity index (χ0n) is 5.47. The van der Waals surface area contributed by atoms with Gasteiger partial charge >= 0.3 is 0 Å². The van der Waals surface area contributed by atoms with Crippen molar-refractivity contribution in [1.82, 2.24) is 15.4 Å². The number of hydrogen-bond donors (Lipinski definition) is 1. The van der Waals surface area contributed by atoms with Crippen molar-refractivity contribution in [3.63, 3.8) is 0 Å². The molecule has 0 aliphatic carbocycles. The van der Waals surface area contributed by atoms with Crippen molar-refractivity contribution < 1.29 is 1.43 Å². The zero-order chi connectivity index (χ0) is 6.41. The number of aromatic amines is 1. The number of H-pyrrole nitrogens is 1. The maximum Gasteiger partial charge on any atom is 0.0793 e. The van der Waals surface area contributed by atoms with Gasteiger partial charge in [0.15, 0.2) is 0 Å². The monoisotopic (exact) mass is 115 g/mol. The molecule has 1 rings (SSSR count). The van der Waals surface area contributed by atoms with Crippen LogP contribution in [0.25, 0.3) is 0 Å². The van der Waals surface area contributed by atoms with Crippen molar-refractivity contribution in [1.29, 1.82) is 0 Å². The molecule has 0 aromatic carbocycles. The van der Waals surface area contributed by atoms with Crippen LogP contribution in [0.1, 0.15) is 21.0 Å². The molecule has 0 fully saturated rings. The minimum atomic E-state index is 0. The normalized spacial score (nSPS) is 7.38. The minimum absolute atomic E-state index is 0. The number of hydrogen-bond acceptors (Lipinski definition) is 2. The third kappa shape index (κ3) is 2.34. The van der Waals surface area contributed by atoms with Crippen LogP contribution < -0.4 is 0 Å². The van der Waals surface area contributed by atoms with Crippen LogP contribution in [0.3, 0.4) is 0 Å². The second kappa shape index (κ2) is 4.30. The molecule has 0 radical (unpaired) electrons. The van der Waals surface area contributed by atoms with Crippen molar-refractivity contribution in [2.24, 2.45) is 0 Å². The Morgan fingerprint density at radius 1 is 1.62 bits per heavy atom. The summed E-state index contributed by atoms with van der Waals surface area (Å²) in [5.74, 6) is 0. The standard InChI is InChI=1S/C3H5N3.C2H6.H2/c1-3-2-4-6-5-3;1-2;/h2H,1H3,(H,4,5,6);1-2H3;1H. The molecule has 48 valence electrons. The highest BCUT2D eigenvalue weighted by molar-refractivity contribution is 4.82. The van der Waals surface area contributed by atoms with Crippen LogP contribution in [-0.4, -0.2) is 15.4 Å². The first kappa shape index (κ1) is 7.14. The summed E-state index contributed by atoms with van der Waals surface area (Å²) < 4.78 is 0. The number of aryl methyl sites for hydroxylation is 1. The molecule has 0 unspecified atom stereocenters. The van der Waals surface area contributed by atoms with Crippen LogP contribution in [-0.2, 0) is 0 Å². The van der Waals surface area contributed by atoms with Gasteiger partial charge in [0.05, 0.1) is 11.9 Å². The van der Waals surface area contributed by atoms with Gasteiger partial charge < -0.3 is 0 Å². The van der Waals surface area contributed by atoms with E-state index in [9.17, 15) is 0 Å². The lowest BCUT2D eigenvalue weighted by atomic mass is 10.6. The summed E-state index contributed by atoms with van der Waals surface area (Å²) in [5, 5.41) is 9.70. The van der Waals surface area contributed by atoms with Crippen molar-refractivity contribution in [2.75, 3.05) is 0 Å². The Kier molecular flexibility index (Phi) is 3.84. The first-order chi connectivity index (χ1) is 3.89. The molecule has 0 saturated carbocycles. The Morgan fingerprint density at radius 3 is 2.38 bits per heavy atom. The van der Waals surface area contributed by atoms with Gasteiger partial charge in [-0.05, 0) is 6.92 Å². The largest absolute Gasteiger partial charge is 0.198 e. The van der Waals surface area contributed by atoms with Crippen molar-refractivity contribution in [3.05, 3.63) is 11.9 Å². The fourth-order valence-corrected chi connectivity index (χ4v) is 0.259. The van der Waals surface area contributed by atoms with Crippen LogP contribution in [0.2, 0.25) is 0 Å². The van der Waals surface area contributed by atoms with Crippen LogP contribution in [0, 0.1) is 6.92 Å². The van der Waals surface area contributed by atoms with Gasteiger partial charge in [0.25, 0.3) is 0 Å². The van der Waals surface area contributed by atoms with E-state index in [4.69, 9.17) is 0 Å². The molecule has 0 atom stereocenters. The lowest BCUT2D eigenvalue weighted by Crippen LogP contribution is -1.66. The predicted molar refractivity (Wildman–Crippen MR) is 34.6 cm³/mol. The molecular weight excluding hydrogens is 102 g/mol. The Labute approximate surface area is 50.6 Å². The van der Waals surface area contributed by atoms with Crippen LogP contribution in [0.5, 0.6) is 0 Å². The molecule has 0 bridgehead atoms. The smallest absolute Gasteiger partial charge is 0.0793 e. The van der Waals surface area contributed by atoms with Crippen molar-refractivity contribution in [3.8, 4) is 0 Å². The van der Waals surface area contributed by atoms with Gasteiger partial charge in [0.1, 0.15) is 0 Å². The predicted octanol–water partition coefficient (Wildman–Crippen LogP) is 1.39. The summed E-state index contributed by atoms with van der Waals surface area (Å²) in [7, 11) is 0. The Hall–Kier alpha value is -0.860. The van der Waals surface area contributed by atoms with E-state index >= 15 is 0 Å². The average Bonchev–Trinajstić information content (AvgIpc) is 2.24. The fourth-order valence-electron chi connectivity index (χ4n) is 0.259. The summed E-state index contributed by atoms with van der Waals surface area (Å²) >= 11 is 0. The summed E-state index contributed by atoms with van der Waals surface area (Å²) in [6.45, 7) is 5.88. The molecule has 0 spiro atoms. The summed E-state index contributed by atoms with van der Waals surface area (Å²) in [5.41, 5.74) is 0.926.